The number of methoxy groups -OCH3 is 2. The number of hydrogen-bond acceptors (Lipinski definition) is 4. The second-order valence-corrected chi connectivity index (χ2v) is 5.75. The van der Waals surface area contributed by atoms with Crippen LogP contribution in [0.3, 0.4) is 0 Å². The van der Waals surface area contributed by atoms with E-state index < -0.39 is 0 Å². The Kier molecular flexibility index (Phi) is 4.71. The third-order valence-corrected chi connectivity index (χ3v) is 4.22. The van der Waals surface area contributed by atoms with Gasteiger partial charge in [0.25, 0.3) is 0 Å². The van der Waals surface area contributed by atoms with E-state index in [9.17, 15) is 0 Å². The Balaban J connectivity index is 2.31. The second-order valence-electron chi connectivity index (χ2n) is 4.89. The van der Waals surface area contributed by atoms with Crippen LogP contribution in [0.1, 0.15) is 24.9 Å². The number of hydrogen-bond donors (Lipinski definition) is 1. The molecule has 5 heteroatoms. The molecule has 0 spiro atoms. The predicted octanol–water partition coefficient (Wildman–Crippen LogP) is 2.89. The minimum atomic E-state index is -0.109. The fraction of sp³-hybridized carbons (Fsp3) is 0.571. The summed E-state index contributed by atoms with van der Waals surface area (Å²) in [6.45, 7) is 2.77. The minimum Gasteiger partial charge on any atom is -0.496 e. The standard InChI is InChI=1S/C14H20BrNO3/c1-8-4-9(7-19-8)14(16)10-5-13(18-3)11(15)6-12(10)17-2/h5-6,8-9,14H,4,7,16H2,1-3H3. The van der Waals surface area contributed by atoms with Crippen molar-refractivity contribution < 1.29 is 14.2 Å². The largest absolute Gasteiger partial charge is 0.496 e. The third kappa shape index (κ3) is 3.04. The first-order valence-electron chi connectivity index (χ1n) is 6.35. The van der Waals surface area contributed by atoms with Gasteiger partial charge in [0.05, 0.1) is 31.4 Å². The molecule has 1 heterocycles. The lowest BCUT2D eigenvalue weighted by molar-refractivity contribution is 0.118. The van der Waals surface area contributed by atoms with Gasteiger partial charge in [-0.25, -0.2) is 0 Å². The first-order chi connectivity index (χ1) is 9.06. The molecule has 1 aliphatic rings. The zero-order chi connectivity index (χ0) is 14.0. The van der Waals surface area contributed by atoms with Crippen LogP contribution in [0.5, 0.6) is 11.5 Å². The summed E-state index contributed by atoms with van der Waals surface area (Å²) in [5.74, 6) is 1.85. The number of ether oxygens (including phenoxy) is 3. The van der Waals surface area contributed by atoms with Crippen LogP contribution in [0.4, 0.5) is 0 Å². The topological polar surface area (TPSA) is 53.7 Å². The molecule has 2 rings (SSSR count). The Labute approximate surface area is 122 Å². The summed E-state index contributed by atoms with van der Waals surface area (Å²) < 4.78 is 17.2. The van der Waals surface area contributed by atoms with Gasteiger partial charge < -0.3 is 19.9 Å². The van der Waals surface area contributed by atoms with Gasteiger partial charge in [-0.3, -0.25) is 0 Å². The molecular formula is C14H20BrNO3. The SMILES string of the molecule is COc1cc(C(N)C2COC(C)C2)c(OC)cc1Br. The summed E-state index contributed by atoms with van der Waals surface area (Å²) in [5.41, 5.74) is 7.34. The molecule has 1 aromatic rings. The van der Waals surface area contributed by atoms with Gasteiger partial charge in [-0.1, -0.05) is 0 Å². The molecule has 2 N–H and O–H groups in total. The van der Waals surface area contributed by atoms with Gasteiger partial charge in [0.2, 0.25) is 0 Å². The van der Waals surface area contributed by atoms with Crippen molar-refractivity contribution >= 4 is 15.9 Å². The molecule has 3 atom stereocenters. The molecule has 0 aliphatic carbocycles. The van der Waals surface area contributed by atoms with E-state index in [0.29, 0.717) is 12.5 Å². The number of nitrogens with two attached hydrogens (primary N) is 1. The average molecular weight is 330 g/mol. The molecule has 1 fully saturated rings. The molecule has 0 radical (unpaired) electrons. The zero-order valence-corrected chi connectivity index (χ0v) is 13.1. The molecule has 1 saturated heterocycles. The van der Waals surface area contributed by atoms with Crippen molar-refractivity contribution in [2.45, 2.75) is 25.5 Å². The summed E-state index contributed by atoms with van der Waals surface area (Å²) >= 11 is 3.45. The maximum absolute atomic E-state index is 6.38. The fourth-order valence-corrected chi connectivity index (χ4v) is 2.98. The van der Waals surface area contributed by atoms with Crippen molar-refractivity contribution in [3.63, 3.8) is 0 Å². The number of benzene rings is 1. The van der Waals surface area contributed by atoms with Crippen molar-refractivity contribution in [1.29, 1.82) is 0 Å². The highest BCUT2D eigenvalue weighted by atomic mass is 79.9. The van der Waals surface area contributed by atoms with Gasteiger partial charge in [-0.15, -0.1) is 0 Å². The Morgan fingerprint density at radius 1 is 1.32 bits per heavy atom. The number of halogens is 1. The smallest absolute Gasteiger partial charge is 0.133 e. The summed E-state index contributed by atoms with van der Waals surface area (Å²) in [6.07, 6.45) is 1.25. The lowest BCUT2D eigenvalue weighted by atomic mass is 9.91. The van der Waals surface area contributed by atoms with Crippen LogP contribution >= 0.6 is 15.9 Å². The normalized spacial score (nSPS) is 24.3. The van der Waals surface area contributed by atoms with Crippen LogP contribution in [0.15, 0.2) is 16.6 Å². The summed E-state index contributed by atoms with van der Waals surface area (Å²) in [7, 11) is 3.29. The molecule has 4 nitrogen and oxygen atoms in total. The van der Waals surface area contributed by atoms with E-state index in [1.54, 1.807) is 14.2 Å². The van der Waals surface area contributed by atoms with E-state index >= 15 is 0 Å². The summed E-state index contributed by atoms with van der Waals surface area (Å²) in [4.78, 5) is 0. The lowest BCUT2D eigenvalue weighted by Gasteiger charge is -2.21. The molecule has 0 aromatic heterocycles. The molecule has 19 heavy (non-hydrogen) atoms. The second kappa shape index (κ2) is 6.11. The summed E-state index contributed by atoms with van der Waals surface area (Å²) in [5, 5.41) is 0. The highest BCUT2D eigenvalue weighted by molar-refractivity contribution is 9.10. The Bertz CT molecular complexity index is 453. The summed E-state index contributed by atoms with van der Waals surface area (Å²) in [6, 6.07) is 3.73. The average Bonchev–Trinajstić information content (AvgIpc) is 2.84. The van der Waals surface area contributed by atoms with Crippen molar-refractivity contribution in [2.24, 2.45) is 11.7 Å². The first-order valence-corrected chi connectivity index (χ1v) is 7.14. The molecule has 106 valence electrons. The maximum atomic E-state index is 6.38. The number of rotatable bonds is 4. The molecule has 0 amide bonds. The monoisotopic (exact) mass is 329 g/mol. The van der Waals surface area contributed by atoms with Crippen molar-refractivity contribution in [1.82, 2.24) is 0 Å². The first kappa shape index (κ1) is 14.6. The predicted molar refractivity (Wildman–Crippen MR) is 77.7 cm³/mol. The third-order valence-electron chi connectivity index (χ3n) is 3.60. The van der Waals surface area contributed by atoms with Gasteiger partial charge in [0.1, 0.15) is 11.5 Å². The Hall–Kier alpha value is -0.780. The molecule has 1 aromatic carbocycles. The van der Waals surface area contributed by atoms with Crippen LogP contribution in [0, 0.1) is 5.92 Å². The van der Waals surface area contributed by atoms with Gasteiger partial charge in [-0.05, 0) is 41.4 Å². The van der Waals surface area contributed by atoms with E-state index in [2.05, 4.69) is 22.9 Å². The van der Waals surface area contributed by atoms with Crippen LogP contribution in [0.25, 0.3) is 0 Å². The van der Waals surface area contributed by atoms with Crippen molar-refractivity contribution in [3.05, 3.63) is 22.2 Å². The van der Waals surface area contributed by atoms with Crippen LogP contribution in [-0.2, 0) is 4.74 Å². The van der Waals surface area contributed by atoms with Crippen LogP contribution < -0.4 is 15.2 Å². The molecule has 0 saturated carbocycles. The highest BCUT2D eigenvalue weighted by Gasteiger charge is 2.30. The van der Waals surface area contributed by atoms with E-state index in [1.165, 1.54) is 0 Å². The van der Waals surface area contributed by atoms with Gasteiger partial charge >= 0.3 is 0 Å². The Morgan fingerprint density at radius 3 is 2.53 bits per heavy atom. The lowest BCUT2D eigenvalue weighted by Crippen LogP contribution is -2.22. The van der Waals surface area contributed by atoms with Gasteiger partial charge in [0.15, 0.2) is 0 Å². The molecule has 1 aliphatic heterocycles. The highest BCUT2D eigenvalue weighted by Crippen LogP contribution is 2.39. The van der Waals surface area contributed by atoms with E-state index in [0.717, 1.165) is 28.0 Å². The van der Waals surface area contributed by atoms with Crippen molar-refractivity contribution in [2.75, 3.05) is 20.8 Å². The van der Waals surface area contributed by atoms with E-state index in [-0.39, 0.29) is 12.1 Å². The van der Waals surface area contributed by atoms with Gasteiger partial charge in [0, 0.05) is 17.5 Å². The van der Waals surface area contributed by atoms with E-state index in [4.69, 9.17) is 19.9 Å². The van der Waals surface area contributed by atoms with Crippen LogP contribution in [-0.4, -0.2) is 26.9 Å². The maximum Gasteiger partial charge on any atom is 0.133 e. The Morgan fingerprint density at radius 2 is 2.00 bits per heavy atom. The molecule has 3 unspecified atom stereocenters. The molecule has 0 bridgehead atoms. The minimum absolute atomic E-state index is 0.109. The van der Waals surface area contributed by atoms with Crippen molar-refractivity contribution in [3.8, 4) is 11.5 Å². The van der Waals surface area contributed by atoms with E-state index in [1.807, 2.05) is 12.1 Å². The van der Waals surface area contributed by atoms with Crippen LogP contribution in [0.2, 0.25) is 0 Å². The zero-order valence-electron chi connectivity index (χ0n) is 11.5. The molecular weight excluding hydrogens is 310 g/mol. The quantitative estimate of drug-likeness (QED) is 0.922. The fourth-order valence-electron chi connectivity index (χ4n) is 2.50. The van der Waals surface area contributed by atoms with Gasteiger partial charge in [-0.2, -0.15) is 0 Å².